The van der Waals surface area contributed by atoms with Gasteiger partial charge in [-0.25, -0.2) is 4.57 Å². The number of hydrogen-bond acceptors (Lipinski definition) is 10. The number of carbonyl (C=O) groups excluding carboxylic acids is 3. The molecule has 0 saturated carbocycles. The van der Waals surface area contributed by atoms with Gasteiger partial charge in [-0.15, -0.1) is 0 Å². The number of hydrogen-bond donors (Lipinski definition) is 2. The monoisotopic (exact) mass is 1090 g/mol. The minimum atomic E-state index is -4.76. The molecular formula is C64H115O11P. The lowest BCUT2D eigenvalue weighted by Gasteiger charge is -2.21. The number of phosphoric ester groups is 1. The largest absolute Gasteiger partial charge is 0.472 e. The van der Waals surface area contributed by atoms with Gasteiger partial charge in [-0.05, 0) is 57.8 Å². The summed E-state index contributed by atoms with van der Waals surface area (Å²) < 4.78 is 39.6. The highest BCUT2D eigenvalue weighted by molar-refractivity contribution is 7.47. The molecule has 2 N–H and O–H groups in total. The Morgan fingerprint density at radius 1 is 0.382 bits per heavy atom. The number of esters is 3. The minimum absolute atomic E-state index is 0.0915. The fourth-order valence-electron chi connectivity index (χ4n) is 8.75. The van der Waals surface area contributed by atoms with E-state index in [1.807, 2.05) is 6.08 Å². The van der Waals surface area contributed by atoms with Crippen LogP contribution in [-0.4, -0.2) is 66.5 Å². The average molecular weight is 1090 g/mol. The molecule has 12 heteroatoms. The Morgan fingerprint density at radius 3 is 1.05 bits per heavy atom. The van der Waals surface area contributed by atoms with Gasteiger partial charge in [0.05, 0.1) is 19.8 Å². The van der Waals surface area contributed by atoms with Gasteiger partial charge in [0.2, 0.25) is 0 Å². The highest BCUT2D eigenvalue weighted by Gasteiger charge is 2.28. The molecule has 0 radical (unpaired) electrons. The summed E-state index contributed by atoms with van der Waals surface area (Å²) in [5, 5.41) is 9.84. The third-order valence-corrected chi connectivity index (χ3v) is 14.4. The Hall–Kier alpha value is -2.82. The summed E-state index contributed by atoms with van der Waals surface area (Å²) in [4.78, 5) is 48.6. The van der Waals surface area contributed by atoms with Crippen LogP contribution >= 0.6 is 7.82 Å². The molecule has 3 unspecified atom stereocenters. The van der Waals surface area contributed by atoms with Crippen LogP contribution in [-0.2, 0) is 42.2 Å². The van der Waals surface area contributed by atoms with Crippen LogP contribution in [0, 0.1) is 0 Å². The number of aliphatic hydroxyl groups is 1. The fourth-order valence-corrected chi connectivity index (χ4v) is 9.53. The summed E-state index contributed by atoms with van der Waals surface area (Å²) in [7, 11) is -4.76. The second-order valence-electron chi connectivity index (χ2n) is 20.9. The van der Waals surface area contributed by atoms with E-state index in [9.17, 15) is 28.9 Å². The quantitative estimate of drug-likeness (QED) is 0.0197. The molecule has 0 aromatic heterocycles. The first-order chi connectivity index (χ1) is 37.2. The molecule has 0 rings (SSSR count). The SMILES string of the molecule is CC/C=C\C/C=C\C/C=C\C/C=C\C/C=C\CCCC(=O)OC(COC(=O)CCCCCCCCCCCCCCCCC)COP(=O)(O)OCC(CO)OC(=O)CCCCCCCCCCCCCCCCCCC. The summed E-state index contributed by atoms with van der Waals surface area (Å²) >= 11 is 0. The lowest BCUT2D eigenvalue weighted by Crippen LogP contribution is -2.30. The van der Waals surface area contributed by atoms with Crippen molar-refractivity contribution in [2.45, 2.75) is 303 Å². The van der Waals surface area contributed by atoms with Gasteiger partial charge in [0, 0.05) is 19.3 Å². The minimum Gasteiger partial charge on any atom is -0.462 e. The molecule has 442 valence electrons. The lowest BCUT2D eigenvalue weighted by atomic mass is 10.0. The van der Waals surface area contributed by atoms with E-state index >= 15 is 0 Å². The zero-order valence-corrected chi connectivity index (χ0v) is 49.9. The first-order valence-corrected chi connectivity index (χ1v) is 32.7. The van der Waals surface area contributed by atoms with E-state index in [1.54, 1.807) is 0 Å². The van der Waals surface area contributed by atoms with Gasteiger partial charge < -0.3 is 24.2 Å². The second kappa shape index (κ2) is 58.3. The summed E-state index contributed by atoms with van der Waals surface area (Å²) in [5.74, 6) is -1.52. The fraction of sp³-hybridized carbons (Fsp3) is 0.797. The van der Waals surface area contributed by atoms with E-state index in [2.05, 4.69) is 75.5 Å². The maximum atomic E-state index is 12.9. The highest BCUT2D eigenvalue weighted by atomic mass is 31.2. The number of ether oxygens (including phenoxy) is 3. The Bertz CT molecular complexity index is 1510. The van der Waals surface area contributed by atoms with Gasteiger partial charge in [-0.2, -0.15) is 0 Å². The molecule has 3 atom stereocenters. The molecular weight excluding hydrogens is 976 g/mol. The van der Waals surface area contributed by atoms with Gasteiger partial charge in [0.1, 0.15) is 12.7 Å². The van der Waals surface area contributed by atoms with E-state index in [-0.39, 0.29) is 25.9 Å². The molecule has 0 aliphatic rings. The summed E-state index contributed by atoms with van der Waals surface area (Å²) in [6.45, 7) is 4.52. The first kappa shape index (κ1) is 73.2. The van der Waals surface area contributed by atoms with Crippen molar-refractivity contribution >= 4 is 25.7 Å². The number of aliphatic hydroxyl groups excluding tert-OH is 1. The third-order valence-electron chi connectivity index (χ3n) is 13.5. The highest BCUT2D eigenvalue weighted by Crippen LogP contribution is 2.43. The van der Waals surface area contributed by atoms with E-state index in [4.69, 9.17) is 23.3 Å². The zero-order chi connectivity index (χ0) is 55.5. The third kappa shape index (κ3) is 55.9. The van der Waals surface area contributed by atoms with Crippen LogP contribution in [0.2, 0.25) is 0 Å². The van der Waals surface area contributed by atoms with Crippen molar-refractivity contribution in [3.05, 3.63) is 60.8 Å². The Morgan fingerprint density at radius 2 is 0.684 bits per heavy atom. The van der Waals surface area contributed by atoms with Crippen molar-refractivity contribution in [3.8, 4) is 0 Å². The van der Waals surface area contributed by atoms with Crippen molar-refractivity contribution in [1.82, 2.24) is 0 Å². The van der Waals surface area contributed by atoms with Crippen LogP contribution in [0.3, 0.4) is 0 Å². The normalized spacial score (nSPS) is 13.7. The number of unbranched alkanes of at least 4 members (excludes halogenated alkanes) is 31. The summed E-state index contributed by atoms with van der Waals surface area (Å²) in [5.41, 5.74) is 0. The number of rotatable bonds is 58. The van der Waals surface area contributed by atoms with E-state index in [1.165, 1.54) is 154 Å². The summed E-state index contributed by atoms with van der Waals surface area (Å²) in [6.07, 6.45) is 64.7. The number of carbonyl (C=O) groups is 3. The molecule has 0 spiro atoms. The van der Waals surface area contributed by atoms with Crippen molar-refractivity contribution in [2.24, 2.45) is 0 Å². The zero-order valence-electron chi connectivity index (χ0n) is 49.0. The predicted molar refractivity (Wildman–Crippen MR) is 316 cm³/mol. The van der Waals surface area contributed by atoms with Gasteiger partial charge in [0.25, 0.3) is 0 Å². The molecule has 11 nitrogen and oxygen atoms in total. The Labute approximate surface area is 465 Å². The molecule has 0 aliphatic heterocycles. The predicted octanol–water partition coefficient (Wildman–Crippen LogP) is 18.7. The van der Waals surface area contributed by atoms with E-state index in [0.717, 1.165) is 70.6 Å². The molecule has 0 bridgehead atoms. The Balaban J connectivity index is 4.73. The Kier molecular flexibility index (Phi) is 56.2. The van der Waals surface area contributed by atoms with Crippen LogP contribution in [0.15, 0.2) is 60.8 Å². The maximum Gasteiger partial charge on any atom is 0.472 e. The van der Waals surface area contributed by atoms with Crippen LogP contribution in [0.25, 0.3) is 0 Å². The lowest BCUT2D eigenvalue weighted by molar-refractivity contribution is -0.161. The smallest absolute Gasteiger partial charge is 0.462 e. The van der Waals surface area contributed by atoms with Gasteiger partial charge in [0.15, 0.2) is 6.10 Å². The second-order valence-corrected chi connectivity index (χ2v) is 22.3. The van der Waals surface area contributed by atoms with Gasteiger partial charge in [-0.3, -0.25) is 23.4 Å². The molecule has 0 amide bonds. The molecule has 0 aromatic rings. The topological polar surface area (TPSA) is 155 Å². The molecule has 0 saturated heterocycles. The van der Waals surface area contributed by atoms with Crippen molar-refractivity contribution in [3.63, 3.8) is 0 Å². The van der Waals surface area contributed by atoms with Crippen LogP contribution in [0.1, 0.15) is 290 Å². The van der Waals surface area contributed by atoms with Crippen molar-refractivity contribution in [1.29, 1.82) is 0 Å². The standard InChI is InChI=1S/C64H115O11P/c1-4-7-10-13-16-19-22-25-28-30-33-36-39-42-45-48-51-54-63(67)74-60(56-65)58-72-76(69,70)73-59-61(57-71-62(66)53-50-47-44-41-38-35-32-27-24-21-18-15-12-9-6-3)75-64(68)55-52-49-46-43-40-37-34-31-29-26-23-20-17-14-11-8-5-2/h8,11,17,20,26,29,34,37,43,46,60-61,65H,4-7,9-10,12-16,18-19,21-25,27-28,30-33,35-36,38-42,44-45,47-59H2,1-3H3,(H,69,70)/b11-8-,20-17-,29-26-,37-34-,46-43-. The van der Waals surface area contributed by atoms with Gasteiger partial charge >= 0.3 is 25.7 Å². The molecule has 0 aliphatic carbocycles. The summed E-state index contributed by atoms with van der Waals surface area (Å²) in [6, 6.07) is 0. The van der Waals surface area contributed by atoms with E-state index < -0.39 is 57.8 Å². The molecule has 0 heterocycles. The van der Waals surface area contributed by atoms with Crippen LogP contribution in [0.4, 0.5) is 0 Å². The maximum absolute atomic E-state index is 12.9. The average Bonchev–Trinajstić information content (AvgIpc) is 3.41. The van der Waals surface area contributed by atoms with Crippen LogP contribution < -0.4 is 0 Å². The van der Waals surface area contributed by atoms with Gasteiger partial charge in [-0.1, -0.05) is 274 Å². The molecule has 0 aromatic carbocycles. The molecule has 76 heavy (non-hydrogen) atoms. The van der Waals surface area contributed by atoms with Crippen molar-refractivity contribution in [2.75, 3.05) is 26.4 Å². The number of phosphoric acid groups is 1. The molecule has 0 fully saturated rings. The van der Waals surface area contributed by atoms with Crippen LogP contribution in [0.5, 0.6) is 0 Å². The first-order valence-electron chi connectivity index (χ1n) is 31.2. The number of allylic oxidation sites excluding steroid dienone is 10. The van der Waals surface area contributed by atoms with Crippen molar-refractivity contribution < 1.29 is 52.2 Å². The van der Waals surface area contributed by atoms with E-state index in [0.29, 0.717) is 25.7 Å².